The van der Waals surface area contributed by atoms with E-state index in [1.807, 2.05) is 0 Å². The molecule has 4 aromatic rings. The SMILES string of the molecule is Cc1cc(Oc2c(C(F)(F)F)oc3cc(OC(=O)/C=C/c4cccc([N+](=O)[O-])c4)ccc3c2=O)cc(C)c1Cl. The predicted molar refractivity (Wildman–Crippen MR) is 136 cm³/mol. The molecule has 0 fully saturated rings. The van der Waals surface area contributed by atoms with Crippen LogP contribution in [0.5, 0.6) is 17.2 Å². The molecule has 1 aromatic heterocycles. The Morgan fingerprint density at radius 1 is 1.05 bits per heavy atom. The number of benzene rings is 3. The number of carbonyl (C=O) groups excluding carboxylic acids is 1. The number of nitro benzene ring substituents is 1. The molecule has 0 unspecified atom stereocenters. The number of nitrogens with zero attached hydrogens (tertiary/aromatic N) is 1. The van der Waals surface area contributed by atoms with E-state index in [1.165, 1.54) is 48.5 Å². The number of halogens is 4. The van der Waals surface area contributed by atoms with Gasteiger partial charge in [0.05, 0.1) is 10.3 Å². The molecule has 0 bridgehead atoms. The van der Waals surface area contributed by atoms with Crippen LogP contribution in [0, 0.1) is 24.0 Å². The number of alkyl halides is 3. The van der Waals surface area contributed by atoms with Crippen LogP contribution in [0.4, 0.5) is 18.9 Å². The van der Waals surface area contributed by atoms with Gasteiger partial charge in [-0.15, -0.1) is 0 Å². The Morgan fingerprint density at radius 2 is 1.74 bits per heavy atom. The zero-order chi connectivity index (χ0) is 28.5. The number of nitro groups is 1. The smallest absolute Gasteiger partial charge is 0.449 e. The van der Waals surface area contributed by atoms with Gasteiger partial charge in [-0.05, 0) is 60.9 Å². The maximum atomic E-state index is 13.9. The molecular weight excluding hydrogens is 543 g/mol. The molecule has 0 radical (unpaired) electrons. The second-order valence-corrected chi connectivity index (χ2v) is 8.70. The van der Waals surface area contributed by atoms with Crippen molar-refractivity contribution >= 4 is 40.3 Å². The van der Waals surface area contributed by atoms with Crippen LogP contribution < -0.4 is 14.9 Å². The third-order valence-electron chi connectivity index (χ3n) is 5.42. The van der Waals surface area contributed by atoms with Crippen LogP contribution >= 0.6 is 11.6 Å². The zero-order valence-electron chi connectivity index (χ0n) is 20.2. The first-order chi connectivity index (χ1) is 18.3. The number of ether oxygens (including phenoxy) is 2. The molecule has 4 rings (SSSR count). The number of aryl methyl sites for hydroxylation is 2. The Balaban J connectivity index is 1.66. The molecule has 0 atom stereocenters. The lowest BCUT2D eigenvalue weighted by molar-refractivity contribution is -0.384. The molecule has 39 heavy (non-hydrogen) atoms. The maximum absolute atomic E-state index is 13.9. The van der Waals surface area contributed by atoms with E-state index < -0.39 is 39.6 Å². The van der Waals surface area contributed by atoms with Gasteiger partial charge in [0, 0.05) is 29.3 Å². The van der Waals surface area contributed by atoms with E-state index in [0.717, 1.165) is 18.2 Å². The van der Waals surface area contributed by atoms with E-state index in [9.17, 15) is 32.9 Å². The summed E-state index contributed by atoms with van der Waals surface area (Å²) in [4.78, 5) is 35.5. The molecule has 0 aliphatic carbocycles. The summed E-state index contributed by atoms with van der Waals surface area (Å²) in [6.07, 6.45) is -2.84. The first-order valence-corrected chi connectivity index (χ1v) is 11.5. The number of non-ortho nitro benzene ring substituents is 1. The third-order valence-corrected chi connectivity index (χ3v) is 6.02. The molecule has 8 nitrogen and oxygen atoms in total. The molecule has 0 aliphatic rings. The van der Waals surface area contributed by atoms with Gasteiger partial charge in [0.1, 0.15) is 17.1 Å². The van der Waals surface area contributed by atoms with Gasteiger partial charge in [-0.3, -0.25) is 14.9 Å². The first-order valence-electron chi connectivity index (χ1n) is 11.1. The lowest BCUT2D eigenvalue weighted by Gasteiger charge is -2.14. The first kappa shape index (κ1) is 27.4. The van der Waals surface area contributed by atoms with Crippen molar-refractivity contribution in [1.29, 1.82) is 0 Å². The second kappa shape index (κ2) is 10.6. The molecule has 200 valence electrons. The van der Waals surface area contributed by atoms with Crippen molar-refractivity contribution in [2.75, 3.05) is 0 Å². The molecule has 3 aromatic carbocycles. The molecule has 0 N–H and O–H groups in total. The zero-order valence-corrected chi connectivity index (χ0v) is 20.9. The minimum Gasteiger partial charge on any atom is -0.449 e. The Bertz CT molecular complexity index is 1690. The lowest BCUT2D eigenvalue weighted by atomic mass is 10.1. The van der Waals surface area contributed by atoms with Gasteiger partial charge in [0.25, 0.3) is 11.4 Å². The Morgan fingerprint density at radius 3 is 2.38 bits per heavy atom. The van der Waals surface area contributed by atoms with Crippen LogP contribution in [-0.2, 0) is 11.0 Å². The van der Waals surface area contributed by atoms with E-state index in [1.54, 1.807) is 13.8 Å². The summed E-state index contributed by atoms with van der Waals surface area (Å²) in [5.74, 6) is -3.88. The average Bonchev–Trinajstić information content (AvgIpc) is 2.87. The second-order valence-electron chi connectivity index (χ2n) is 8.32. The summed E-state index contributed by atoms with van der Waals surface area (Å²) in [6, 6.07) is 11.6. The number of fused-ring (bicyclic) bond motifs is 1. The Kier molecular flexibility index (Phi) is 7.46. The molecule has 0 spiro atoms. The van der Waals surface area contributed by atoms with Crippen LogP contribution in [0.25, 0.3) is 17.0 Å². The van der Waals surface area contributed by atoms with E-state index >= 15 is 0 Å². The molecule has 12 heteroatoms. The summed E-state index contributed by atoms with van der Waals surface area (Å²) < 4.78 is 57.1. The van der Waals surface area contributed by atoms with E-state index in [0.29, 0.717) is 21.7 Å². The largest absolute Gasteiger partial charge is 0.453 e. The highest BCUT2D eigenvalue weighted by atomic mass is 35.5. The van der Waals surface area contributed by atoms with Crippen LogP contribution in [0.15, 0.2) is 69.9 Å². The summed E-state index contributed by atoms with van der Waals surface area (Å²) in [7, 11) is 0. The highest BCUT2D eigenvalue weighted by molar-refractivity contribution is 6.32. The van der Waals surface area contributed by atoms with Crippen molar-refractivity contribution < 1.29 is 36.8 Å². The molecule has 0 saturated carbocycles. The van der Waals surface area contributed by atoms with Gasteiger partial charge in [0.2, 0.25) is 11.2 Å². The third kappa shape index (κ3) is 6.10. The maximum Gasteiger partial charge on any atom is 0.453 e. The number of carbonyl (C=O) groups is 1. The fraction of sp³-hybridized carbons (Fsp3) is 0.111. The number of rotatable bonds is 6. The predicted octanol–water partition coefficient (Wildman–Crippen LogP) is 7.40. The average molecular weight is 560 g/mol. The minimum absolute atomic E-state index is 0.0346. The Labute approximate surface area is 223 Å². The van der Waals surface area contributed by atoms with Crippen molar-refractivity contribution in [3.8, 4) is 17.2 Å². The van der Waals surface area contributed by atoms with Gasteiger partial charge >= 0.3 is 12.1 Å². The van der Waals surface area contributed by atoms with Gasteiger partial charge in [-0.1, -0.05) is 23.7 Å². The molecule has 0 saturated heterocycles. The minimum atomic E-state index is -5.09. The number of hydrogen-bond donors (Lipinski definition) is 0. The van der Waals surface area contributed by atoms with Crippen molar-refractivity contribution in [1.82, 2.24) is 0 Å². The van der Waals surface area contributed by atoms with E-state index in [4.69, 9.17) is 25.5 Å². The standard InChI is InChI=1S/C27H17ClF3NO7/c1-14-10-19(11-15(2)23(14)28)38-25-24(34)20-8-7-18(13-21(20)39-26(25)27(29,30)31)37-22(33)9-6-16-4-3-5-17(12-16)32(35)36/h3-13H,1-2H3/b9-6+. The van der Waals surface area contributed by atoms with Gasteiger partial charge < -0.3 is 13.9 Å². The normalized spacial score (nSPS) is 11.6. The van der Waals surface area contributed by atoms with E-state index in [-0.39, 0.29) is 22.6 Å². The van der Waals surface area contributed by atoms with Crippen molar-refractivity contribution in [2.45, 2.75) is 20.0 Å². The van der Waals surface area contributed by atoms with E-state index in [2.05, 4.69) is 0 Å². The Hall–Kier alpha value is -4.64. The summed E-state index contributed by atoms with van der Waals surface area (Å²) >= 11 is 6.10. The summed E-state index contributed by atoms with van der Waals surface area (Å²) in [6.45, 7) is 3.27. The number of hydrogen-bond acceptors (Lipinski definition) is 7. The fourth-order valence-electron chi connectivity index (χ4n) is 3.64. The van der Waals surface area contributed by atoms with Crippen molar-refractivity contribution in [3.63, 3.8) is 0 Å². The highest BCUT2D eigenvalue weighted by Gasteiger charge is 2.40. The van der Waals surface area contributed by atoms with Gasteiger partial charge in [-0.2, -0.15) is 13.2 Å². The monoisotopic (exact) mass is 559 g/mol. The van der Waals surface area contributed by atoms with Crippen molar-refractivity contribution in [3.05, 3.63) is 108 Å². The molecule has 0 aliphatic heterocycles. The molecular formula is C27H17ClF3NO7. The molecule has 0 amide bonds. The lowest BCUT2D eigenvalue weighted by Crippen LogP contribution is -2.15. The van der Waals surface area contributed by atoms with Gasteiger partial charge in [0.15, 0.2) is 0 Å². The quantitative estimate of drug-likeness (QED) is 0.0795. The highest BCUT2D eigenvalue weighted by Crippen LogP contribution is 2.39. The summed E-state index contributed by atoms with van der Waals surface area (Å²) in [5.41, 5.74) is -0.333. The number of esters is 1. The van der Waals surface area contributed by atoms with Crippen LogP contribution in [0.1, 0.15) is 22.5 Å². The van der Waals surface area contributed by atoms with Crippen LogP contribution in [0.3, 0.4) is 0 Å². The molecule has 1 heterocycles. The van der Waals surface area contributed by atoms with Crippen molar-refractivity contribution in [2.24, 2.45) is 0 Å². The van der Waals surface area contributed by atoms with Gasteiger partial charge in [-0.25, -0.2) is 4.79 Å². The van der Waals surface area contributed by atoms with Crippen LogP contribution in [-0.4, -0.2) is 10.9 Å². The van der Waals surface area contributed by atoms with Crippen LogP contribution in [0.2, 0.25) is 5.02 Å². The summed E-state index contributed by atoms with van der Waals surface area (Å²) in [5, 5.41) is 11.0. The fourth-order valence-corrected chi connectivity index (χ4v) is 3.75. The topological polar surface area (TPSA) is 109 Å².